The maximum Gasteiger partial charge on any atom is 0.329 e. The van der Waals surface area contributed by atoms with Crippen LogP contribution < -0.4 is 9.47 Å². The van der Waals surface area contributed by atoms with Gasteiger partial charge >= 0.3 is 5.97 Å². The first-order valence-electron chi connectivity index (χ1n) is 8.17. The van der Waals surface area contributed by atoms with Gasteiger partial charge in [-0.15, -0.1) is 0 Å². The van der Waals surface area contributed by atoms with Crippen LogP contribution in [0.2, 0.25) is 0 Å². The van der Waals surface area contributed by atoms with Crippen LogP contribution in [0.25, 0.3) is 6.08 Å². The fourth-order valence-electron chi connectivity index (χ4n) is 2.38. The molecule has 0 N–H and O–H groups in total. The molecule has 0 aliphatic carbocycles. The van der Waals surface area contributed by atoms with Crippen molar-refractivity contribution in [3.8, 4) is 11.5 Å². The zero-order chi connectivity index (χ0) is 19.3. The van der Waals surface area contributed by atoms with Crippen molar-refractivity contribution < 1.29 is 23.8 Å². The fourth-order valence-corrected chi connectivity index (χ4v) is 3.80. The van der Waals surface area contributed by atoms with Crippen LogP contribution in [0.15, 0.2) is 23.1 Å². The Labute approximate surface area is 162 Å². The van der Waals surface area contributed by atoms with E-state index in [9.17, 15) is 9.59 Å². The molecule has 1 aliphatic heterocycles. The van der Waals surface area contributed by atoms with E-state index >= 15 is 0 Å². The van der Waals surface area contributed by atoms with E-state index in [0.29, 0.717) is 27.3 Å². The molecular formula is C18H21NO5S2. The first kappa shape index (κ1) is 20.3. The van der Waals surface area contributed by atoms with Gasteiger partial charge in [0.05, 0.1) is 25.2 Å². The summed E-state index contributed by atoms with van der Waals surface area (Å²) < 4.78 is 16.1. The second-order valence-corrected chi connectivity index (χ2v) is 7.00. The SMILES string of the molecule is CCOC(=O)C(C)N1C(=O)/C(=C/c2ccc(OCC)c(OC)c2)SC1=S. The molecule has 1 saturated heterocycles. The molecule has 0 radical (unpaired) electrons. The number of methoxy groups -OCH3 is 1. The minimum Gasteiger partial charge on any atom is -0.493 e. The summed E-state index contributed by atoms with van der Waals surface area (Å²) in [6, 6.07) is 4.64. The Hall–Kier alpha value is -2.06. The number of nitrogens with zero attached hydrogens (tertiary/aromatic N) is 1. The monoisotopic (exact) mass is 395 g/mol. The van der Waals surface area contributed by atoms with Crippen molar-refractivity contribution in [2.75, 3.05) is 20.3 Å². The summed E-state index contributed by atoms with van der Waals surface area (Å²) in [6.45, 7) is 5.99. The van der Waals surface area contributed by atoms with Gasteiger partial charge in [0.25, 0.3) is 5.91 Å². The van der Waals surface area contributed by atoms with Crippen LogP contribution in [0.5, 0.6) is 11.5 Å². The summed E-state index contributed by atoms with van der Waals surface area (Å²) in [5.74, 6) is 0.424. The average Bonchev–Trinajstić information content (AvgIpc) is 2.89. The Balaban J connectivity index is 2.25. The van der Waals surface area contributed by atoms with Crippen LogP contribution in [-0.2, 0) is 14.3 Å². The zero-order valence-electron chi connectivity index (χ0n) is 15.1. The maximum atomic E-state index is 12.7. The number of hydrogen-bond donors (Lipinski definition) is 0. The van der Waals surface area contributed by atoms with E-state index in [1.165, 1.54) is 4.90 Å². The van der Waals surface area contributed by atoms with Crippen molar-refractivity contribution in [2.45, 2.75) is 26.8 Å². The number of carbonyl (C=O) groups excluding carboxylic acids is 2. The number of thiocarbonyl (C=S) groups is 1. The highest BCUT2D eigenvalue weighted by atomic mass is 32.2. The van der Waals surface area contributed by atoms with Gasteiger partial charge < -0.3 is 14.2 Å². The van der Waals surface area contributed by atoms with Gasteiger partial charge in [0.15, 0.2) is 11.5 Å². The second kappa shape index (κ2) is 9.05. The van der Waals surface area contributed by atoms with Gasteiger partial charge in [0, 0.05) is 0 Å². The van der Waals surface area contributed by atoms with E-state index < -0.39 is 12.0 Å². The molecule has 0 bridgehead atoms. The number of ether oxygens (including phenoxy) is 3. The number of carbonyl (C=O) groups is 2. The first-order valence-corrected chi connectivity index (χ1v) is 9.39. The minimum absolute atomic E-state index is 0.250. The molecule has 26 heavy (non-hydrogen) atoms. The summed E-state index contributed by atoms with van der Waals surface area (Å²) in [5.41, 5.74) is 0.773. The highest BCUT2D eigenvalue weighted by Gasteiger charge is 2.38. The topological polar surface area (TPSA) is 65.1 Å². The minimum atomic E-state index is -0.761. The molecular weight excluding hydrogens is 374 g/mol. The van der Waals surface area contributed by atoms with Gasteiger partial charge in [-0.05, 0) is 44.5 Å². The predicted molar refractivity (Wildman–Crippen MR) is 105 cm³/mol. The molecule has 1 aliphatic rings. The van der Waals surface area contributed by atoms with Gasteiger partial charge in [-0.1, -0.05) is 30.0 Å². The summed E-state index contributed by atoms with van der Waals surface area (Å²) in [7, 11) is 1.56. The lowest BCUT2D eigenvalue weighted by molar-refractivity contribution is -0.149. The third-order valence-electron chi connectivity index (χ3n) is 3.62. The van der Waals surface area contributed by atoms with Crippen molar-refractivity contribution in [1.29, 1.82) is 0 Å². The lowest BCUT2D eigenvalue weighted by Gasteiger charge is -2.21. The van der Waals surface area contributed by atoms with E-state index in [0.717, 1.165) is 17.3 Å². The molecule has 1 unspecified atom stereocenters. The van der Waals surface area contributed by atoms with Crippen molar-refractivity contribution in [3.05, 3.63) is 28.7 Å². The smallest absolute Gasteiger partial charge is 0.329 e. The molecule has 6 nitrogen and oxygen atoms in total. The fraction of sp³-hybridized carbons (Fsp3) is 0.389. The maximum absolute atomic E-state index is 12.7. The molecule has 1 aromatic rings. The summed E-state index contributed by atoms with van der Waals surface area (Å²) in [5, 5.41) is 0. The standard InChI is InChI=1S/C18H21NO5S2/c1-5-23-13-8-7-12(9-14(13)22-4)10-15-16(20)19(18(25)26-15)11(3)17(21)24-6-2/h7-11H,5-6H2,1-4H3/b15-10-. The quantitative estimate of drug-likeness (QED) is 0.399. The van der Waals surface area contributed by atoms with Crippen LogP contribution in [0.3, 0.4) is 0 Å². The van der Waals surface area contributed by atoms with Crippen molar-refractivity contribution >= 4 is 46.3 Å². The molecule has 1 aromatic carbocycles. The van der Waals surface area contributed by atoms with Crippen LogP contribution >= 0.6 is 24.0 Å². The molecule has 1 amide bonds. The number of esters is 1. The number of hydrogen-bond acceptors (Lipinski definition) is 7. The first-order chi connectivity index (χ1) is 12.4. The largest absolute Gasteiger partial charge is 0.493 e. The van der Waals surface area contributed by atoms with Gasteiger partial charge in [-0.3, -0.25) is 9.69 Å². The lowest BCUT2D eigenvalue weighted by atomic mass is 10.1. The van der Waals surface area contributed by atoms with Gasteiger partial charge in [0.2, 0.25) is 0 Å². The number of amides is 1. The van der Waals surface area contributed by atoms with E-state index in [1.54, 1.807) is 39.2 Å². The molecule has 1 atom stereocenters. The van der Waals surface area contributed by atoms with Crippen molar-refractivity contribution in [2.24, 2.45) is 0 Å². The van der Waals surface area contributed by atoms with Crippen LogP contribution in [-0.4, -0.2) is 47.5 Å². The van der Waals surface area contributed by atoms with Gasteiger partial charge in [-0.2, -0.15) is 0 Å². The molecule has 140 valence electrons. The molecule has 1 heterocycles. The molecule has 0 spiro atoms. The molecule has 8 heteroatoms. The normalized spacial score (nSPS) is 16.8. The van der Waals surface area contributed by atoms with Gasteiger partial charge in [-0.25, -0.2) is 4.79 Å². The average molecular weight is 396 g/mol. The summed E-state index contributed by atoms with van der Waals surface area (Å²) in [4.78, 5) is 26.3. The van der Waals surface area contributed by atoms with Crippen LogP contribution in [0, 0.1) is 0 Å². The van der Waals surface area contributed by atoms with E-state index in [2.05, 4.69) is 0 Å². The Bertz CT molecular complexity index is 747. The highest BCUT2D eigenvalue weighted by molar-refractivity contribution is 8.26. The Morgan fingerprint density at radius 1 is 1.31 bits per heavy atom. The van der Waals surface area contributed by atoms with Crippen LogP contribution in [0.4, 0.5) is 0 Å². The Morgan fingerprint density at radius 3 is 2.65 bits per heavy atom. The van der Waals surface area contributed by atoms with E-state index in [-0.39, 0.29) is 12.5 Å². The number of thioether (sulfide) groups is 1. The van der Waals surface area contributed by atoms with Gasteiger partial charge in [0.1, 0.15) is 10.4 Å². The molecule has 0 aromatic heterocycles. The number of benzene rings is 1. The molecule has 0 saturated carbocycles. The summed E-state index contributed by atoms with van der Waals surface area (Å²) >= 11 is 6.43. The highest BCUT2D eigenvalue weighted by Crippen LogP contribution is 2.35. The second-order valence-electron chi connectivity index (χ2n) is 5.32. The van der Waals surface area contributed by atoms with E-state index in [4.69, 9.17) is 26.4 Å². The van der Waals surface area contributed by atoms with Crippen molar-refractivity contribution in [1.82, 2.24) is 4.90 Å². The number of rotatable bonds is 7. The van der Waals surface area contributed by atoms with Crippen LogP contribution in [0.1, 0.15) is 26.3 Å². The van der Waals surface area contributed by atoms with Crippen molar-refractivity contribution in [3.63, 3.8) is 0 Å². The third kappa shape index (κ3) is 4.37. The Kier molecular flexibility index (Phi) is 7.05. The summed E-state index contributed by atoms with van der Waals surface area (Å²) in [6.07, 6.45) is 1.72. The molecule has 1 fully saturated rings. The molecule has 2 rings (SSSR count). The Morgan fingerprint density at radius 2 is 2.04 bits per heavy atom. The third-order valence-corrected chi connectivity index (χ3v) is 4.95. The lowest BCUT2D eigenvalue weighted by Crippen LogP contribution is -2.42. The zero-order valence-corrected chi connectivity index (χ0v) is 16.7. The van der Waals surface area contributed by atoms with E-state index in [1.807, 2.05) is 13.0 Å². The predicted octanol–water partition coefficient (Wildman–Crippen LogP) is 3.25.